The molecule has 1 aromatic carbocycles. The Balaban J connectivity index is 1.91. The first-order valence-corrected chi connectivity index (χ1v) is 8.14. The van der Waals surface area contributed by atoms with Crippen LogP contribution in [-0.2, 0) is 0 Å². The Morgan fingerprint density at radius 3 is 2.64 bits per heavy atom. The predicted molar refractivity (Wildman–Crippen MR) is 99.0 cm³/mol. The summed E-state index contributed by atoms with van der Waals surface area (Å²) < 4.78 is 7.07. The molecule has 128 valence electrons. The first-order chi connectivity index (χ1) is 12.0. The van der Waals surface area contributed by atoms with Crippen molar-refractivity contribution in [2.45, 2.75) is 13.8 Å². The number of hydrogen-bond acceptors (Lipinski definition) is 3. The number of rotatable bonds is 4. The number of nitrogens with zero attached hydrogens (tertiary/aromatic N) is 2. The standard InChI is InChI=1S/C19H18ClN3O2/c1-12-10-15(13(2)23(12)18-6-4-5-9-21-18)19(24)22-17-8-7-14(25-3)11-16(17)20/h4-11H,1-3H3,(H,22,24). The molecule has 0 radical (unpaired) electrons. The molecule has 3 rings (SSSR count). The second-order valence-electron chi connectivity index (χ2n) is 5.61. The van der Waals surface area contributed by atoms with Gasteiger partial charge in [0.15, 0.2) is 0 Å². The highest BCUT2D eigenvalue weighted by atomic mass is 35.5. The van der Waals surface area contributed by atoms with E-state index < -0.39 is 0 Å². The van der Waals surface area contributed by atoms with Crippen LogP contribution in [0.2, 0.25) is 5.02 Å². The van der Waals surface area contributed by atoms with Crippen molar-refractivity contribution < 1.29 is 9.53 Å². The summed E-state index contributed by atoms with van der Waals surface area (Å²) in [5.74, 6) is 1.19. The Bertz CT molecular complexity index is 920. The van der Waals surface area contributed by atoms with E-state index in [-0.39, 0.29) is 5.91 Å². The van der Waals surface area contributed by atoms with Crippen LogP contribution in [0.5, 0.6) is 5.75 Å². The third-order valence-corrected chi connectivity index (χ3v) is 4.29. The number of halogens is 1. The van der Waals surface area contributed by atoms with E-state index in [2.05, 4.69) is 10.3 Å². The predicted octanol–water partition coefficient (Wildman–Crippen LogP) is 4.40. The van der Waals surface area contributed by atoms with Crippen molar-refractivity contribution in [1.82, 2.24) is 9.55 Å². The van der Waals surface area contributed by atoms with Crippen LogP contribution in [0.25, 0.3) is 5.82 Å². The Morgan fingerprint density at radius 1 is 1.20 bits per heavy atom. The molecule has 0 saturated heterocycles. The Labute approximate surface area is 151 Å². The minimum absolute atomic E-state index is 0.220. The summed E-state index contributed by atoms with van der Waals surface area (Å²) in [5, 5.41) is 3.27. The molecule has 3 aromatic rings. The molecule has 2 heterocycles. The number of amides is 1. The molecule has 0 spiro atoms. The van der Waals surface area contributed by atoms with Crippen LogP contribution < -0.4 is 10.1 Å². The highest BCUT2D eigenvalue weighted by Gasteiger charge is 2.18. The van der Waals surface area contributed by atoms with E-state index in [0.29, 0.717) is 22.0 Å². The highest BCUT2D eigenvalue weighted by molar-refractivity contribution is 6.34. The minimum atomic E-state index is -0.220. The van der Waals surface area contributed by atoms with E-state index in [4.69, 9.17) is 16.3 Å². The van der Waals surface area contributed by atoms with Crippen LogP contribution in [0.3, 0.4) is 0 Å². The molecule has 0 aliphatic carbocycles. The average molecular weight is 356 g/mol. The van der Waals surface area contributed by atoms with Crippen molar-refractivity contribution in [3.63, 3.8) is 0 Å². The SMILES string of the molecule is COc1ccc(NC(=O)c2cc(C)n(-c3ccccn3)c2C)c(Cl)c1. The quantitative estimate of drug-likeness (QED) is 0.754. The van der Waals surface area contributed by atoms with Gasteiger partial charge in [0.25, 0.3) is 5.91 Å². The van der Waals surface area contributed by atoms with Crippen LogP contribution in [-0.4, -0.2) is 22.6 Å². The van der Waals surface area contributed by atoms with E-state index in [9.17, 15) is 4.79 Å². The minimum Gasteiger partial charge on any atom is -0.497 e. The van der Waals surface area contributed by atoms with Crippen LogP contribution in [0.15, 0.2) is 48.7 Å². The largest absolute Gasteiger partial charge is 0.497 e. The van der Waals surface area contributed by atoms with Crippen molar-refractivity contribution in [3.8, 4) is 11.6 Å². The molecule has 1 amide bonds. The fourth-order valence-corrected chi connectivity index (χ4v) is 2.96. The van der Waals surface area contributed by atoms with Crippen molar-refractivity contribution >= 4 is 23.2 Å². The molecule has 0 fully saturated rings. The number of anilines is 1. The number of nitrogens with one attached hydrogen (secondary N) is 1. The number of carbonyl (C=O) groups excluding carboxylic acids is 1. The maximum atomic E-state index is 12.7. The molecular formula is C19H18ClN3O2. The molecule has 0 saturated carbocycles. The Morgan fingerprint density at radius 2 is 2.00 bits per heavy atom. The lowest BCUT2D eigenvalue weighted by Gasteiger charge is -2.10. The first-order valence-electron chi connectivity index (χ1n) is 7.76. The zero-order chi connectivity index (χ0) is 18.0. The van der Waals surface area contributed by atoms with Gasteiger partial charge in [-0.3, -0.25) is 4.79 Å². The van der Waals surface area contributed by atoms with Crippen molar-refractivity contribution in [2.75, 3.05) is 12.4 Å². The van der Waals surface area contributed by atoms with Crippen LogP contribution in [0.4, 0.5) is 5.69 Å². The number of aromatic nitrogens is 2. The molecule has 2 aromatic heterocycles. The summed E-state index contributed by atoms with van der Waals surface area (Å²) >= 11 is 6.20. The first kappa shape index (κ1) is 17.0. The van der Waals surface area contributed by atoms with E-state index in [1.807, 2.05) is 42.7 Å². The molecule has 5 nitrogen and oxygen atoms in total. The number of aryl methyl sites for hydroxylation is 1. The number of hydrogen-bond donors (Lipinski definition) is 1. The van der Waals surface area contributed by atoms with Gasteiger partial charge in [0.05, 0.1) is 23.4 Å². The van der Waals surface area contributed by atoms with Gasteiger partial charge in [-0.05, 0) is 44.2 Å². The van der Waals surface area contributed by atoms with Gasteiger partial charge < -0.3 is 14.6 Å². The van der Waals surface area contributed by atoms with Gasteiger partial charge in [-0.25, -0.2) is 4.98 Å². The normalized spacial score (nSPS) is 10.6. The third-order valence-electron chi connectivity index (χ3n) is 3.98. The lowest BCUT2D eigenvalue weighted by Crippen LogP contribution is -2.13. The average Bonchev–Trinajstić information content (AvgIpc) is 2.92. The molecule has 0 aliphatic rings. The molecule has 6 heteroatoms. The molecule has 0 aliphatic heterocycles. The van der Waals surface area contributed by atoms with E-state index in [0.717, 1.165) is 17.2 Å². The topological polar surface area (TPSA) is 56.1 Å². The van der Waals surface area contributed by atoms with Gasteiger partial charge in [0, 0.05) is 23.7 Å². The number of methoxy groups -OCH3 is 1. The second-order valence-corrected chi connectivity index (χ2v) is 6.02. The summed E-state index contributed by atoms with van der Waals surface area (Å²) in [6, 6.07) is 12.7. The zero-order valence-corrected chi connectivity index (χ0v) is 15.0. The molecule has 25 heavy (non-hydrogen) atoms. The molecular weight excluding hydrogens is 338 g/mol. The van der Waals surface area contributed by atoms with E-state index in [1.54, 1.807) is 31.5 Å². The second kappa shape index (κ2) is 6.99. The summed E-state index contributed by atoms with van der Waals surface area (Å²) in [7, 11) is 1.57. The Hall–Kier alpha value is -2.79. The number of ether oxygens (including phenoxy) is 1. The monoisotopic (exact) mass is 355 g/mol. The summed E-state index contributed by atoms with van der Waals surface area (Å²) in [4.78, 5) is 17.1. The van der Waals surface area contributed by atoms with Crippen LogP contribution in [0.1, 0.15) is 21.7 Å². The molecule has 1 N–H and O–H groups in total. The van der Waals surface area contributed by atoms with Gasteiger partial charge in [-0.2, -0.15) is 0 Å². The number of benzene rings is 1. The van der Waals surface area contributed by atoms with Gasteiger partial charge in [-0.1, -0.05) is 17.7 Å². The highest BCUT2D eigenvalue weighted by Crippen LogP contribution is 2.28. The number of pyridine rings is 1. The van der Waals surface area contributed by atoms with Crippen molar-refractivity contribution in [2.24, 2.45) is 0 Å². The van der Waals surface area contributed by atoms with Gasteiger partial charge >= 0.3 is 0 Å². The van der Waals surface area contributed by atoms with Crippen LogP contribution in [0, 0.1) is 13.8 Å². The fraction of sp³-hybridized carbons (Fsp3) is 0.158. The van der Waals surface area contributed by atoms with E-state index in [1.165, 1.54) is 0 Å². The maximum Gasteiger partial charge on any atom is 0.257 e. The van der Waals surface area contributed by atoms with Gasteiger partial charge in [0.2, 0.25) is 0 Å². The molecule has 0 bridgehead atoms. The fourth-order valence-electron chi connectivity index (χ4n) is 2.75. The smallest absolute Gasteiger partial charge is 0.257 e. The Kier molecular flexibility index (Phi) is 4.76. The number of carbonyl (C=O) groups is 1. The van der Waals surface area contributed by atoms with Crippen molar-refractivity contribution in [3.05, 3.63) is 70.6 Å². The maximum absolute atomic E-state index is 12.7. The van der Waals surface area contributed by atoms with Crippen molar-refractivity contribution in [1.29, 1.82) is 0 Å². The lowest BCUT2D eigenvalue weighted by atomic mass is 10.2. The summed E-state index contributed by atoms with van der Waals surface area (Å²) in [6.07, 6.45) is 1.73. The van der Waals surface area contributed by atoms with Gasteiger partial charge in [-0.15, -0.1) is 0 Å². The van der Waals surface area contributed by atoms with Gasteiger partial charge in [0.1, 0.15) is 11.6 Å². The van der Waals surface area contributed by atoms with E-state index >= 15 is 0 Å². The molecule has 0 unspecified atom stereocenters. The zero-order valence-electron chi connectivity index (χ0n) is 14.2. The lowest BCUT2D eigenvalue weighted by molar-refractivity contribution is 0.102. The third kappa shape index (κ3) is 3.37. The molecule has 0 atom stereocenters. The summed E-state index contributed by atoms with van der Waals surface area (Å²) in [5.41, 5.74) is 2.87. The summed E-state index contributed by atoms with van der Waals surface area (Å²) in [6.45, 7) is 3.84. The van der Waals surface area contributed by atoms with Crippen LogP contribution >= 0.6 is 11.6 Å².